The lowest BCUT2D eigenvalue weighted by Crippen LogP contribution is -2.46. The molecule has 2 aromatic rings. The second-order valence-corrected chi connectivity index (χ2v) is 6.48. The van der Waals surface area contributed by atoms with Crippen molar-refractivity contribution in [3.05, 3.63) is 60.2 Å². The van der Waals surface area contributed by atoms with Crippen molar-refractivity contribution in [2.75, 3.05) is 6.61 Å². The molecule has 2 rings (SSSR count). The van der Waals surface area contributed by atoms with Gasteiger partial charge in [0.2, 0.25) is 10.0 Å². The van der Waals surface area contributed by atoms with Gasteiger partial charge in [0.25, 0.3) is 0 Å². The van der Waals surface area contributed by atoms with Gasteiger partial charge < -0.3 is 5.11 Å². The maximum Gasteiger partial charge on any atom is 0.243 e. The van der Waals surface area contributed by atoms with E-state index in [0.717, 1.165) is 18.5 Å². The zero-order chi connectivity index (χ0) is 15.5. The molecule has 1 atom stereocenters. The van der Waals surface area contributed by atoms with Crippen LogP contribution in [0.25, 0.3) is 0 Å². The number of benzene rings is 1. The van der Waals surface area contributed by atoms with E-state index < -0.39 is 28.0 Å². The second-order valence-electron chi connectivity index (χ2n) is 4.80. The molecular formula is C14H15FN2O3S. The molecular weight excluding hydrogens is 295 g/mol. The normalized spacial score (nSPS) is 14.6. The molecule has 21 heavy (non-hydrogen) atoms. The molecule has 112 valence electrons. The third kappa shape index (κ3) is 3.44. The van der Waals surface area contributed by atoms with Crippen LogP contribution >= 0.6 is 0 Å². The Labute approximate surface area is 122 Å². The molecule has 0 amide bonds. The van der Waals surface area contributed by atoms with E-state index in [1.165, 1.54) is 0 Å². The van der Waals surface area contributed by atoms with E-state index in [1.807, 2.05) is 0 Å². The van der Waals surface area contributed by atoms with Crippen LogP contribution in [-0.2, 0) is 15.6 Å². The fourth-order valence-corrected chi connectivity index (χ4v) is 3.24. The summed E-state index contributed by atoms with van der Waals surface area (Å²) in [5.41, 5.74) is -0.618. The monoisotopic (exact) mass is 310 g/mol. The zero-order valence-corrected chi connectivity index (χ0v) is 12.1. The molecule has 5 nitrogen and oxygen atoms in total. The Kier molecular flexibility index (Phi) is 4.36. The second kappa shape index (κ2) is 5.88. The number of halogens is 1. The largest absolute Gasteiger partial charge is 0.394 e. The summed E-state index contributed by atoms with van der Waals surface area (Å²) in [5.74, 6) is -0.747. The van der Waals surface area contributed by atoms with Gasteiger partial charge in [0.1, 0.15) is 10.7 Å². The Morgan fingerprint density at radius 2 is 1.95 bits per heavy atom. The minimum Gasteiger partial charge on any atom is -0.394 e. The van der Waals surface area contributed by atoms with Gasteiger partial charge in [-0.05, 0) is 18.6 Å². The molecule has 2 N–H and O–H groups in total. The van der Waals surface area contributed by atoms with Crippen molar-refractivity contribution in [1.82, 2.24) is 9.71 Å². The van der Waals surface area contributed by atoms with Gasteiger partial charge in [-0.2, -0.15) is 4.72 Å². The first-order valence-corrected chi connectivity index (χ1v) is 7.67. The number of nitrogens with zero attached hydrogens (tertiary/aromatic N) is 1. The number of sulfonamides is 1. The molecule has 7 heteroatoms. The third-order valence-corrected chi connectivity index (χ3v) is 4.64. The van der Waals surface area contributed by atoms with Crippen molar-refractivity contribution in [2.45, 2.75) is 17.4 Å². The smallest absolute Gasteiger partial charge is 0.243 e. The fraction of sp³-hybridized carbons (Fsp3) is 0.214. The van der Waals surface area contributed by atoms with E-state index in [9.17, 15) is 17.9 Å². The predicted octanol–water partition coefficient (Wildman–Crippen LogP) is 1.41. The number of pyridine rings is 1. The highest BCUT2D eigenvalue weighted by Crippen LogP contribution is 2.23. The summed E-state index contributed by atoms with van der Waals surface area (Å²) in [6.07, 6.45) is 1.97. The maximum atomic E-state index is 13.1. The average molecular weight is 310 g/mol. The molecule has 1 aromatic carbocycles. The van der Waals surface area contributed by atoms with E-state index in [2.05, 4.69) is 9.71 Å². The number of aromatic nitrogens is 1. The van der Waals surface area contributed by atoms with Crippen LogP contribution in [0.1, 0.15) is 12.5 Å². The van der Waals surface area contributed by atoms with Gasteiger partial charge in [-0.1, -0.05) is 30.3 Å². The Morgan fingerprint density at radius 3 is 2.52 bits per heavy atom. The molecule has 0 saturated carbocycles. The van der Waals surface area contributed by atoms with Gasteiger partial charge in [0.15, 0.2) is 0 Å². The number of aliphatic hydroxyl groups is 1. The van der Waals surface area contributed by atoms with Crippen LogP contribution in [0.3, 0.4) is 0 Å². The summed E-state index contributed by atoms with van der Waals surface area (Å²) in [4.78, 5) is 3.23. The van der Waals surface area contributed by atoms with Gasteiger partial charge in [0.05, 0.1) is 18.3 Å². The number of nitrogens with one attached hydrogen (secondary N) is 1. The first kappa shape index (κ1) is 15.6. The third-order valence-electron chi connectivity index (χ3n) is 3.08. The summed E-state index contributed by atoms with van der Waals surface area (Å²) in [6.45, 7) is 1.10. The molecule has 1 heterocycles. The lowest BCUT2D eigenvalue weighted by molar-refractivity contribution is 0.196. The molecule has 1 unspecified atom stereocenters. The van der Waals surface area contributed by atoms with Crippen LogP contribution < -0.4 is 4.72 Å². The maximum absolute atomic E-state index is 13.1. The number of aliphatic hydroxyl groups excluding tert-OH is 1. The van der Waals surface area contributed by atoms with Crippen LogP contribution in [0.15, 0.2) is 53.7 Å². The Bertz CT molecular complexity index is 722. The van der Waals surface area contributed by atoms with E-state index in [0.29, 0.717) is 5.56 Å². The summed E-state index contributed by atoms with van der Waals surface area (Å²) < 4.78 is 40.1. The molecule has 0 bridgehead atoms. The summed E-state index contributed by atoms with van der Waals surface area (Å²) in [5, 5.41) is 9.59. The number of hydrogen-bond donors (Lipinski definition) is 2. The minimum atomic E-state index is -4.01. The van der Waals surface area contributed by atoms with Gasteiger partial charge >= 0.3 is 0 Å². The van der Waals surface area contributed by atoms with Gasteiger partial charge in [0, 0.05) is 6.20 Å². The van der Waals surface area contributed by atoms with E-state index in [4.69, 9.17) is 0 Å². The van der Waals surface area contributed by atoms with Gasteiger partial charge in [-0.3, -0.25) is 4.98 Å². The van der Waals surface area contributed by atoms with Gasteiger partial charge in [-0.25, -0.2) is 12.8 Å². The van der Waals surface area contributed by atoms with E-state index in [1.54, 1.807) is 37.3 Å². The zero-order valence-electron chi connectivity index (χ0n) is 11.3. The lowest BCUT2D eigenvalue weighted by Gasteiger charge is -2.28. The topological polar surface area (TPSA) is 79.3 Å². The molecule has 0 aliphatic heterocycles. The summed E-state index contributed by atoms with van der Waals surface area (Å²) in [7, 11) is -4.01. The molecule has 1 aromatic heterocycles. The Hall–Kier alpha value is -1.83. The Morgan fingerprint density at radius 1 is 1.29 bits per heavy atom. The van der Waals surface area contributed by atoms with Crippen molar-refractivity contribution in [3.63, 3.8) is 0 Å². The van der Waals surface area contributed by atoms with Crippen LogP contribution in [0.5, 0.6) is 0 Å². The molecule has 0 aliphatic rings. The van der Waals surface area contributed by atoms with Crippen molar-refractivity contribution in [1.29, 1.82) is 0 Å². The highest BCUT2D eigenvalue weighted by Gasteiger charge is 2.32. The van der Waals surface area contributed by atoms with Crippen LogP contribution in [-0.4, -0.2) is 25.1 Å². The molecule has 0 radical (unpaired) electrons. The van der Waals surface area contributed by atoms with Crippen molar-refractivity contribution in [2.24, 2.45) is 0 Å². The highest BCUT2D eigenvalue weighted by molar-refractivity contribution is 7.89. The van der Waals surface area contributed by atoms with Crippen molar-refractivity contribution >= 4 is 10.0 Å². The first-order valence-electron chi connectivity index (χ1n) is 6.18. The summed E-state index contributed by atoms with van der Waals surface area (Å²) in [6, 6.07) is 9.53. The van der Waals surface area contributed by atoms with Crippen LogP contribution in [0.2, 0.25) is 0 Å². The lowest BCUT2D eigenvalue weighted by atomic mass is 9.94. The van der Waals surface area contributed by atoms with Crippen LogP contribution in [0, 0.1) is 5.82 Å². The quantitative estimate of drug-likeness (QED) is 0.875. The summed E-state index contributed by atoms with van der Waals surface area (Å²) >= 11 is 0. The highest BCUT2D eigenvalue weighted by atomic mass is 32.2. The minimum absolute atomic E-state index is 0.293. The molecule has 0 spiro atoms. The standard InChI is InChI=1S/C14H15FN2O3S/c1-14(10-18,11-5-3-2-4-6-11)17-21(19,20)13-7-12(15)8-16-9-13/h2-9,17-18H,10H2,1H3. The molecule has 0 aliphatic carbocycles. The number of rotatable bonds is 5. The fourth-order valence-electron chi connectivity index (χ4n) is 1.88. The molecule has 0 saturated heterocycles. The van der Waals surface area contributed by atoms with Gasteiger partial charge in [-0.15, -0.1) is 0 Å². The average Bonchev–Trinajstić information content (AvgIpc) is 2.47. The first-order chi connectivity index (χ1) is 9.87. The number of hydrogen-bond acceptors (Lipinski definition) is 4. The molecule has 0 fully saturated rings. The predicted molar refractivity (Wildman–Crippen MR) is 75.4 cm³/mol. The van der Waals surface area contributed by atoms with Crippen molar-refractivity contribution < 1.29 is 17.9 Å². The SMILES string of the molecule is CC(CO)(NS(=O)(=O)c1cncc(F)c1)c1ccccc1. The van der Waals surface area contributed by atoms with E-state index in [-0.39, 0.29) is 4.90 Å². The van der Waals surface area contributed by atoms with Crippen LogP contribution in [0.4, 0.5) is 4.39 Å². The Balaban J connectivity index is 2.38. The van der Waals surface area contributed by atoms with E-state index >= 15 is 0 Å². The van der Waals surface area contributed by atoms with Crippen molar-refractivity contribution in [3.8, 4) is 0 Å².